The maximum atomic E-state index is 12.5. The third kappa shape index (κ3) is 4.80. The molecule has 3 atom stereocenters. The molecule has 0 N–H and O–H groups in total. The number of carbonyl (C=O) groups is 1. The minimum Gasteiger partial charge on any atom is -0.459 e. The van der Waals surface area contributed by atoms with Gasteiger partial charge in [0, 0.05) is 6.54 Å². The highest BCUT2D eigenvalue weighted by Crippen LogP contribution is 2.34. The number of hydrogen-bond donors (Lipinski definition) is 0. The highest BCUT2D eigenvalue weighted by Gasteiger charge is 2.52. The van der Waals surface area contributed by atoms with Crippen LogP contribution in [0.25, 0.3) is 6.08 Å². The van der Waals surface area contributed by atoms with Crippen molar-refractivity contribution in [3.05, 3.63) is 77.9 Å². The van der Waals surface area contributed by atoms with Gasteiger partial charge in [-0.05, 0) is 31.9 Å². The van der Waals surface area contributed by atoms with Gasteiger partial charge in [0.1, 0.15) is 11.6 Å². The van der Waals surface area contributed by atoms with Gasteiger partial charge in [0.25, 0.3) is 0 Å². The molecule has 130 valence electrons. The van der Waals surface area contributed by atoms with Gasteiger partial charge in [0.05, 0.1) is 6.04 Å². The molecule has 2 unspecified atom stereocenters. The highest BCUT2D eigenvalue weighted by molar-refractivity contribution is 5.81. The lowest BCUT2D eigenvalue weighted by atomic mass is 10.1. The summed E-state index contributed by atoms with van der Waals surface area (Å²) in [7, 11) is 0. The quantitative estimate of drug-likeness (QED) is 0.603. The molecule has 2 aromatic carbocycles. The second-order valence-corrected chi connectivity index (χ2v) is 7.40. The average molecular weight is 335 g/mol. The zero-order valence-corrected chi connectivity index (χ0v) is 15.1. The largest absolute Gasteiger partial charge is 0.459 e. The molecule has 3 nitrogen and oxygen atoms in total. The summed E-state index contributed by atoms with van der Waals surface area (Å²) >= 11 is 0. The molecule has 0 spiro atoms. The molecule has 2 aromatic rings. The molecule has 0 aliphatic carbocycles. The molecule has 1 saturated heterocycles. The predicted octanol–water partition coefficient (Wildman–Crippen LogP) is 4.29. The monoisotopic (exact) mass is 335 g/mol. The van der Waals surface area contributed by atoms with Crippen LogP contribution in [-0.2, 0) is 16.1 Å². The Kier molecular flexibility index (Phi) is 5.05. The lowest BCUT2D eigenvalue weighted by Crippen LogP contribution is -2.28. The molecule has 1 heterocycles. The first-order valence-corrected chi connectivity index (χ1v) is 8.70. The summed E-state index contributed by atoms with van der Waals surface area (Å²) < 4.78 is 5.60. The van der Waals surface area contributed by atoms with E-state index in [-0.39, 0.29) is 18.1 Å². The third-order valence-electron chi connectivity index (χ3n) is 4.12. The smallest absolute Gasteiger partial charge is 0.325 e. The van der Waals surface area contributed by atoms with Gasteiger partial charge in [-0.3, -0.25) is 9.69 Å². The van der Waals surface area contributed by atoms with Crippen LogP contribution in [0.3, 0.4) is 0 Å². The van der Waals surface area contributed by atoms with Gasteiger partial charge >= 0.3 is 5.97 Å². The first-order chi connectivity index (χ1) is 11.9. The van der Waals surface area contributed by atoms with E-state index in [0.717, 1.165) is 12.1 Å². The fourth-order valence-electron chi connectivity index (χ4n) is 2.92. The summed E-state index contributed by atoms with van der Waals surface area (Å²) in [5.74, 6) is -0.147. The van der Waals surface area contributed by atoms with Crippen LogP contribution in [0.4, 0.5) is 0 Å². The van der Waals surface area contributed by atoms with Crippen molar-refractivity contribution < 1.29 is 9.53 Å². The summed E-state index contributed by atoms with van der Waals surface area (Å²) in [5.41, 5.74) is 1.87. The van der Waals surface area contributed by atoms with Crippen molar-refractivity contribution in [3.63, 3.8) is 0 Å². The Balaban J connectivity index is 1.73. The third-order valence-corrected chi connectivity index (χ3v) is 4.12. The maximum absolute atomic E-state index is 12.5. The Morgan fingerprint density at radius 2 is 1.64 bits per heavy atom. The Bertz CT molecular complexity index is 732. The number of benzene rings is 2. The number of rotatable bonds is 5. The topological polar surface area (TPSA) is 29.3 Å². The van der Waals surface area contributed by atoms with E-state index in [4.69, 9.17) is 4.74 Å². The van der Waals surface area contributed by atoms with Crippen molar-refractivity contribution in [3.8, 4) is 0 Å². The van der Waals surface area contributed by atoms with Crippen molar-refractivity contribution in [1.82, 2.24) is 4.90 Å². The SMILES string of the molecule is CC(C)(C)OC(=O)[C@H]1C(/C=C/c2ccccc2)N1Cc1ccccc1. The lowest BCUT2D eigenvalue weighted by molar-refractivity contribution is -0.155. The summed E-state index contributed by atoms with van der Waals surface area (Å²) in [6.07, 6.45) is 4.18. The molecule has 3 rings (SSSR count). The van der Waals surface area contributed by atoms with Crippen molar-refractivity contribution in [2.75, 3.05) is 0 Å². The van der Waals surface area contributed by atoms with Crippen molar-refractivity contribution in [2.24, 2.45) is 0 Å². The Morgan fingerprint density at radius 3 is 2.24 bits per heavy atom. The summed E-state index contributed by atoms with van der Waals surface area (Å²) in [6.45, 7) is 6.46. The average Bonchev–Trinajstić information content (AvgIpc) is 3.26. The first-order valence-electron chi connectivity index (χ1n) is 8.70. The summed E-state index contributed by atoms with van der Waals surface area (Å²) in [4.78, 5) is 14.7. The van der Waals surface area contributed by atoms with Gasteiger partial charge in [-0.2, -0.15) is 0 Å². The molecular formula is C22H25NO2. The van der Waals surface area contributed by atoms with Crippen molar-refractivity contribution >= 4 is 12.0 Å². The number of nitrogens with zero attached hydrogens (tertiary/aromatic N) is 1. The van der Waals surface area contributed by atoms with Crippen LogP contribution in [0.5, 0.6) is 0 Å². The molecule has 1 aliphatic heterocycles. The van der Waals surface area contributed by atoms with Gasteiger partial charge < -0.3 is 4.74 Å². The zero-order chi connectivity index (χ0) is 17.9. The van der Waals surface area contributed by atoms with Crippen molar-refractivity contribution in [1.29, 1.82) is 0 Å². The molecule has 1 fully saturated rings. The fraction of sp³-hybridized carbons (Fsp3) is 0.318. The normalized spacial score (nSPS) is 22.8. The van der Waals surface area contributed by atoms with E-state index in [0.29, 0.717) is 0 Å². The number of esters is 1. The van der Waals surface area contributed by atoms with Gasteiger partial charge in [-0.15, -0.1) is 0 Å². The Morgan fingerprint density at radius 1 is 1.04 bits per heavy atom. The van der Waals surface area contributed by atoms with Crippen LogP contribution in [-0.4, -0.2) is 28.6 Å². The molecule has 3 heteroatoms. The van der Waals surface area contributed by atoms with E-state index in [1.54, 1.807) is 0 Å². The first kappa shape index (κ1) is 17.4. The van der Waals surface area contributed by atoms with Gasteiger partial charge in [-0.25, -0.2) is 0 Å². The zero-order valence-electron chi connectivity index (χ0n) is 15.1. The number of ether oxygens (including phenoxy) is 1. The van der Waals surface area contributed by atoms with E-state index in [1.165, 1.54) is 5.56 Å². The van der Waals surface area contributed by atoms with Crippen LogP contribution in [0.2, 0.25) is 0 Å². The van der Waals surface area contributed by atoms with Crippen LogP contribution >= 0.6 is 0 Å². The van der Waals surface area contributed by atoms with Crippen molar-refractivity contribution in [2.45, 2.75) is 45.0 Å². The number of carbonyl (C=O) groups excluding carboxylic acids is 1. The molecule has 0 bridgehead atoms. The Hall–Kier alpha value is -2.39. The second kappa shape index (κ2) is 7.24. The molecule has 0 amide bonds. The molecule has 0 radical (unpaired) electrons. The van der Waals surface area contributed by atoms with E-state index in [2.05, 4.69) is 41.3 Å². The second-order valence-electron chi connectivity index (χ2n) is 7.40. The summed E-state index contributed by atoms with van der Waals surface area (Å²) in [6, 6.07) is 20.2. The minimum atomic E-state index is -0.466. The van der Waals surface area contributed by atoms with Crippen LogP contribution < -0.4 is 0 Å². The number of hydrogen-bond acceptors (Lipinski definition) is 3. The van der Waals surface area contributed by atoms with Crippen LogP contribution in [0.1, 0.15) is 31.9 Å². The molecule has 0 aromatic heterocycles. The molecule has 1 aliphatic rings. The Labute approximate surface area is 149 Å². The highest BCUT2D eigenvalue weighted by atomic mass is 16.6. The van der Waals surface area contributed by atoms with E-state index in [9.17, 15) is 4.79 Å². The molecule has 0 saturated carbocycles. The maximum Gasteiger partial charge on any atom is 0.325 e. The van der Waals surface area contributed by atoms with Crippen LogP contribution in [0.15, 0.2) is 66.7 Å². The van der Waals surface area contributed by atoms with E-state index < -0.39 is 5.60 Å². The van der Waals surface area contributed by atoms with Gasteiger partial charge in [-0.1, -0.05) is 72.8 Å². The fourth-order valence-corrected chi connectivity index (χ4v) is 2.92. The summed E-state index contributed by atoms with van der Waals surface area (Å²) in [5, 5.41) is 0. The van der Waals surface area contributed by atoms with Gasteiger partial charge in [0.15, 0.2) is 0 Å². The van der Waals surface area contributed by atoms with Crippen LogP contribution in [0, 0.1) is 0 Å². The lowest BCUT2D eigenvalue weighted by Gasteiger charge is -2.19. The predicted molar refractivity (Wildman–Crippen MR) is 101 cm³/mol. The van der Waals surface area contributed by atoms with Gasteiger partial charge in [0.2, 0.25) is 0 Å². The van der Waals surface area contributed by atoms with E-state index in [1.807, 2.05) is 57.2 Å². The minimum absolute atomic E-state index is 0.0789. The molecular weight excluding hydrogens is 310 g/mol. The standard InChI is InChI=1S/C22H25NO2/c1-22(2,3)25-21(24)20-19(15-14-17-10-6-4-7-11-17)23(20)16-18-12-8-5-9-13-18/h4-15,19-20H,16H2,1-3H3/b15-14+/t19?,20-,23?/m1/s1. The van der Waals surface area contributed by atoms with E-state index >= 15 is 0 Å². The molecule has 25 heavy (non-hydrogen) atoms.